The van der Waals surface area contributed by atoms with Gasteiger partial charge in [-0.2, -0.15) is 0 Å². The molecule has 0 unspecified atom stereocenters. The Labute approximate surface area is 129 Å². The Hall–Kier alpha value is -0.440. The first-order chi connectivity index (χ1) is 9.81. The molecule has 0 aromatic heterocycles. The van der Waals surface area contributed by atoms with Crippen molar-refractivity contribution in [2.45, 2.75) is 110 Å². The number of rotatable bonds is 15. The summed E-state index contributed by atoms with van der Waals surface area (Å²) in [7, 11) is 0. The molecule has 0 bridgehead atoms. The van der Waals surface area contributed by atoms with E-state index < -0.39 is 0 Å². The molecular formula is C20H38. The van der Waals surface area contributed by atoms with E-state index in [0.717, 1.165) is 12.3 Å². The third kappa shape index (κ3) is 15.6. The predicted octanol–water partition coefficient (Wildman–Crippen LogP) is 7.13. The van der Waals surface area contributed by atoms with Crippen LogP contribution in [0, 0.1) is 18.3 Å². The van der Waals surface area contributed by atoms with Gasteiger partial charge in [-0.15, -0.1) is 12.3 Å². The second-order valence-corrected chi connectivity index (χ2v) is 6.53. The molecular weight excluding hydrogens is 240 g/mol. The SMILES string of the molecule is C#CCCCCCCCCCC[C@@H](C)CCCCCC. The minimum Gasteiger partial charge on any atom is -0.120 e. The quantitative estimate of drug-likeness (QED) is 0.221. The van der Waals surface area contributed by atoms with E-state index in [1.165, 1.54) is 89.9 Å². The first kappa shape index (κ1) is 19.6. The maximum atomic E-state index is 5.24. The van der Waals surface area contributed by atoms with Gasteiger partial charge in [-0.25, -0.2) is 0 Å². The van der Waals surface area contributed by atoms with Crippen LogP contribution in [0.3, 0.4) is 0 Å². The lowest BCUT2D eigenvalue weighted by Gasteiger charge is -2.10. The predicted molar refractivity (Wildman–Crippen MR) is 92.9 cm³/mol. The van der Waals surface area contributed by atoms with E-state index in [4.69, 9.17) is 6.42 Å². The fourth-order valence-corrected chi connectivity index (χ4v) is 2.84. The lowest BCUT2D eigenvalue weighted by Crippen LogP contribution is -1.95. The van der Waals surface area contributed by atoms with Gasteiger partial charge in [0.15, 0.2) is 0 Å². The summed E-state index contributed by atoms with van der Waals surface area (Å²) in [6.07, 6.45) is 25.9. The molecule has 0 N–H and O–H groups in total. The van der Waals surface area contributed by atoms with Crippen LogP contribution < -0.4 is 0 Å². The standard InChI is InChI=1S/C20H38/c1-4-6-8-10-11-12-13-14-15-17-19-20(3)18-16-9-7-5-2/h1,20H,5-19H2,2-3H3/t20-/m0/s1. The van der Waals surface area contributed by atoms with Gasteiger partial charge in [0.2, 0.25) is 0 Å². The molecule has 0 radical (unpaired) electrons. The first-order valence-corrected chi connectivity index (χ1v) is 9.24. The van der Waals surface area contributed by atoms with Gasteiger partial charge in [0.05, 0.1) is 0 Å². The lowest BCUT2D eigenvalue weighted by molar-refractivity contribution is 0.433. The van der Waals surface area contributed by atoms with E-state index in [1.807, 2.05) is 0 Å². The van der Waals surface area contributed by atoms with Gasteiger partial charge in [0.25, 0.3) is 0 Å². The van der Waals surface area contributed by atoms with Crippen LogP contribution in [0.4, 0.5) is 0 Å². The molecule has 0 heteroatoms. The van der Waals surface area contributed by atoms with E-state index in [-0.39, 0.29) is 0 Å². The van der Waals surface area contributed by atoms with Gasteiger partial charge in [-0.05, 0) is 12.3 Å². The van der Waals surface area contributed by atoms with Crippen molar-refractivity contribution in [3.8, 4) is 12.3 Å². The Bertz CT molecular complexity index is 211. The smallest absolute Gasteiger partial charge is 0.00860 e. The van der Waals surface area contributed by atoms with Crippen LogP contribution in [0.2, 0.25) is 0 Å². The zero-order valence-corrected chi connectivity index (χ0v) is 14.3. The van der Waals surface area contributed by atoms with Gasteiger partial charge >= 0.3 is 0 Å². The van der Waals surface area contributed by atoms with Gasteiger partial charge in [0.1, 0.15) is 0 Å². The van der Waals surface area contributed by atoms with Crippen LogP contribution in [0.15, 0.2) is 0 Å². The summed E-state index contributed by atoms with van der Waals surface area (Å²) in [5, 5.41) is 0. The normalized spacial score (nSPS) is 12.2. The van der Waals surface area contributed by atoms with Crippen LogP contribution in [0.5, 0.6) is 0 Å². The topological polar surface area (TPSA) is 0 Å². The highest BCUT2D eigenvalue weighted by atomic mass is 14.1. The molecule has 0 aromatic rings. The summed E-state index contributed by atoms with van der Waals surface area (Å²) >= 11 is 0. The number of hydrogen-bond acceptors (Lipinski definition) is 0. The highest BCUT2D eigenvalue weighted by molar-refractivity contribution is 4.82. The minimum absolute atomic E-state index is 0.954. The third-order valence-corrected chi connectivity index (χ3v) is 4.32. The first-order valence-electron chi connectivity index (χ1n) is 9.24. The van der Waals surface area contributed by atoms with Gasteiger partial charge < -0.3 is 0 Å². The van der Waals surface area contributed by atoms with E-state index in [2.05, 4.69) is 19.8 Å². The molecule has 1 atom stereocenters. The summed E-state index contributed by atoms with van der Waals surface area (Å²) in [5.74, 6) is 3.67. The Balaban J connectivity index is 3.09. The molecule has 0 fully saturated rings. The largest absolute Gasteiger partial charge is 0.120 e. The van der Waals surface area contributed by atoms with Gasteiger partial charge in [0, 0.05) is 6.42 Å². The molecule has 0 heterocycles. The average molecular weight is 279 g/mol. The molecule has 0 rings (SSSR count). The molecule has 20 heavy (non-hydrogen) atoms. The van der Waals surface area contributed by atoms with Crippen LogP contribution >= 0.6 is 0 Å². The van der Waals surface area contributed by atoms with Crippen molar-refractivity contribution in [3.63, 3.8) is 0 Å². The van der Waals surface area contributed by atoms with E-state index in [9.17, 15) is 0 Å². The monoisotopic (exact) mass is 278 g/mol. The summed E-state index contributed by atoms with van der Waals surface area (Å²) in [4.78, 5) is 0. The van der Waals surface area contributed by atoms with Crippen molar-refractivity contribution in [2.75, 3.05) is 0 Å². The van der Waals surface area contributed by atoms with Gasteiger partial charge in [-0.3, -0.25) is 0 Å². The molecule has 0 aliphatic rings. The van der Waals surface area contributed by atoms with E-state index in [1.54, 1.807) is 0 Å². The second kappa shape index (κ2) is 16.6. The maximum Gasteiger partial charge on any atom is 0.00860 e. The molecule has 118 valence electrons. The Morgan fingerprint density at radius 2 is 1.15 bits per heavy atom. The molecule has 0 amide bonds. The van der Waals surface area contributed by atoms with Crippen LogP contribution in [-0.2, 0) is 0 Å². The molecule has 0 saturated carbocycles. The van der Waals surface area contributed by atoms with E-state index >= 15 is 0 Å². The molecule has 0 spiro atoms. The number of terminal acetylenes is 1. The summed E-state index contributed by atoms with van der Waals surface area (Å²) < 4.78 is 0. The summed E-state index contributed by atoms with van der Waals surface area (Å²) in [6.45, 7) is 4.73. The molecule has 0 aliphatic heterocycles. The third-order valence-electron chi connectivity index (χ3n) is 4.32. The van der Waals surface area contributed by atoms with Crippen molar-refractivity contribution in [1.29, 1.82) is 0 Å². The summed E-state index contributed by atoms with van der Waals surface area (Å²) in [5.41, 5.74) is 0. The zero-order valence-electron chi connectivity index (χ0n) is 14.3. The Morgan fingerprint density at radius 3 is 1.65 bits per heavy atom. The number of hydrogen-bond donors (Lipinski definition) is 0. The minimum atomic E-state index is 0.954. The fraction of sp³-hybridized carbons (Fsp3) is 0.900. The van der Waals surface area contributed by atoms with Crippen LogP contribution in [0.1, 0.15) is 110 Å². The van der Waals surface area contributed by atoms with Crippen molar-refractivity contribution in [1.82, 2.24) is 0 Å². The summed E-state index contributed by atoms with van der Waals surface area (Å²) in [6, 6.07) is 0. The molecule has 0 nitrogen and oxygen atoms in total. The highest BCUT2D eigenvalue weighted by Crippen LogP contribution is 2.18. The second-order valence-electron chi connectivity index (χ2n) is 6.53. The average Bonchev–Trinajstić information content (AvgIpc) is 2.45. The highest BCUT2D eigenvalue weighted by Gasteiger charge is 2.01. The Morgan fingerprint density at radius 1 is 0.700 bits per heavy atom. The molecule has 0 saturated heterocycles. The van der Waals surface area contributed by atoms with Gasteiger partial charge in [-0.1, -0.05) is 97.3 Å². The molecule has 0 aromatic carbocycles. The Kier molecular flexibility index (Phi) is 16.2. The van der Waals surface area contributed by atoms with Crippen LogP contribution in [-0.4, -0.2) is 0 Å². The van der Waals surface area contributed by atoms with Crippen molar-refractivity contribution in [2.24, 2.45) is 5.92 Å². The zero-order chi connectivity index (χ0) is 14.9. The lowest BCUT2D eigenvalue weighted by atomic mass is 9.96. The van der Waals surface area contributed by atoms with Crippen molar-refractivity contribution in [3.05, 3.63) is 0 Å². The van der Waals surface area contributed by atoms with E-state index in [0.29, 0.717) is 0 Å². The van der Waals surface area contributed by atoms with Crippen molar-refractivity contribution < 1.29 is 0 Å². The molecule has 0 aliphatic carbocycles. The maximum absolute atomic E-state index is 5.24. The number of unbranched alkanes of at least 4 members (excludes halogenated alkanes) is 11. The van der Waals surface area contributed by atoms with Crippen LogP contribution in [0.25, 0.3) is 0 Å². The fourth-order valence-electron chi connectivity index (χ4n) is 2.84. The van der Waals surface area contributed by atoms with Crippen molar-refractivity contribution >= 4 is 0 Å².